The molecule has 2 rings (SSSR count). The SMILES string of the molecule is Cc1cc(C)cc(NC(C)C(=O)Nc2ccc(F)c(Cl)c2)c1. The predicted molar refractivity (Wildman–Crippen MR) is 89.0 cm³/mol. The van der Waals surface area contributed by atoms with Gasteiger partial charge in [-0.25, -0.2) is 4.39 Å². The Bertz CT molecular complexity index is 683. The molecule has 0 spiro atoms. The van der Waals surface area contributed by atoms with Crippen molar-refractivity contribution < 1.29 is 9.18 Å². The maximum atomic E-state index is 13.1. The molecule has 0 aliphatic heterocycles. The van der Waals surface area contributed by atoms with E-state index in [2.05, 4.69) is 16.7 Å². The molecule has 5 heteroatoms. The van der Waals surface area contributed by atoms with Crippen LogP contribution in [0.15, 0.2) is 36.4 Å². The molecule has 0 fully saturated rings. The topological polar surface area (TPSA) is 41.1 Å². The summed E-state index contributed by atoms with van der Waals surface area (Å²) in [7, 11) is 0. The quantitative estimate of drug-likeness (QED) is 0.868. The van der Waals surface area contributed by atoms with Crippen LogP contribution in [0.2, 0.25) is 5.02 Å². The highest BCUT2D eigenvalue weighted by Gasteiger charge is 2.13. The van der Waals surface area contributed by atoms with Crippen LogP contribution in [0.5, 0.6) is 0 Å². The molecule has 1 amide bonds. The number of nitrogens with one attached hydrogen (secondary N) is 2. The maximum Gasteiger partial charge on any atom is 0.246 e. The minimum absolute atomic E-state index is 0.0206. The third-order valence-corrected chi connectivity index (χ3v) is 3.47. The number of amides is 1. The van der Waals surface area contributed by atoms with E-state index >= 15 is 0 Å². The molecule has 0 saturated carbocycles. The lowest BCUT2D eigenvalue weighted by molar-refractivity contribution is -0.116. The lowest BCUT2D eigenvalue weighted by Gasteiger charge is -2.16. The third-order valence-electron chi connectivity index (χ3n) is 3.19. The second kappa shape index (κ2) is 6.79. The van der Waals surface area contributed by atoms with E-state index in [1.54, 1.807) is 6.92 Å². The molecule has 2 aromatic carbocycles. The number of benzene rings is 2. The number of halogens is 2. The van der Waals surface area contributed by atoms with Crippen LogP contribution in [0.1, 0.15) is 18.1 Å². The summed E-state index contributed by atoms with van der Waals surface area (Å²) in [4.78, 5) is 12.2. The summed E-state index contributed by atoms with van der Waals surface area (Å²) in [5, 5.41) is 5.84. The molecular formula is C17H18ClFN2O. The van der Waals surface area contributed by atoms with Crippen LogP contribution in [-0.2, 0) is 4.79 Å². The standard InChI is InChI=1S/C17H18ClFN2O/c1-10-6-11(2)8-14(7-10)20-12(3)17(22)21-13-4-5-16(19)15(18)9-13/h4-9,12,20H,1-3H3,(H,21,22). The van der Waals surface area contributed by atoms with Crippen LogP contribution in [-0.4, -0.2) is 11.9 Å². The highest BCUT2D eigenvalue weighted by Crippen LogP contribution is 2.20. The number of hydrogen-bond donors (Lipinski definition) is 2. The third kappa shape index (κ3) is 4.21. The molecule has 0 aromatic heterocycles. The van der Waals surface area contributed by atoms with Gasteiger partial charge in [-0.15, -0.1) is 0 Å². The molecule has 3 nitrogen and oxygen atoms in total. The Morgan fingerprint density at radius 1 is 1.09 bits per heavy atom. The fourth-order valence-corrected chi connectivity index (χ4v) is 2.38. The molecule has 0 heterocycles. The number of aryl methyl sites for hydroxylation is 2. The molecule has 22 heavy (non-hydrogen) atoms. The first-order valence-electron chi connectivity index (χ1n) is 6.96. The van der Waals surface area contributed by atoms with Gasteiger partial charge in [-0.3, -0.25) is 4.79 Å². The smallest absolute Gasteiger partial charge is 0.246 e. The first kappa shape index (κ1) is 16.3. The molecule has 0 bridgehead atoms. The van der Waals surface area contributed by atoms with Crippen molar-refractivity contribution in [1.82, 2.24) is 0 Å². The Balaban J connectivity index is 2.04. The van der Waals surface area contributed by atoms with E-state index in [0.717, 1.165) is 16.8 Å². The first-order chi connectivity index (χ1) is 10.3. The van der Waals surface area contributed by atoms with E-state index in [-0.39, 0.29) is 10.9 Å². The van der Waals surface area contributed by atoms with Gasteiger partial charge >= 0.3 is 0 Å². The average Bonchev–Trinajstić information content (AvgIpc) is 2.41. The zero-order valence-electron chi connectivity index (χ0n) is 12.7. The van der Waals surface area contributed by atoms with Crippen LogP contribution in [0.4, 0.5) is 15.8 Å². The van der Waals surface area contributed by atoms with Gasteiger partial charge < -0.3 is 10.6 Å². The van der Waals surface area contributed by atoms with Crippen molar-refractivity contribution in [2.45, 2.75) is 26.8 Å². The zero-order chi connectivity index (χ0) is 16.3. The summed E-state index contributed by atoms with van der Waals surface area (Å²) in [5.74, 6) is -0.733. The van der Waals surface area contributed by atoms with Crippen molar-refractivity contribution in [2.24, 2.45) is 0 Å². The van der Waals surface area contributed by atoms with Gasteiger partial charge in [-0.05, 0) is 62.2 Å². The van der Waals surface area contributed by atoms with Crippen molar-refractivity contribution in [1.29, 1.82) is 0 Å². The van der Waals surface area contributed by atoms with Crippen LogP contribution in [0, 0.1) is 19.7 Å². The molecule has 0 aliphatic carbocycles. The van der Waals surface area contributed by atoms with Gasteiger partial charge in [0, 0.05) is 11.4 Å². The van der Waals surface area contributed by atoms with Gasteiger partial charge in [0.1, 0.15) is 11.9 Å². The van der Waals surface area contributed by atoms with E-state index < -0.39 is 11.9 Å². The number of carbonyl (C=O) groups excluding carboxylic acids is 1. The normalized spacial score (nSPS) is 11.9. The van der Waals surface area contributed by atoms with Gasteiger partial charge in [0.15, 0.2) is 0 Å². The molecule has 1 atom stereocenters. The molecular weight excluding hydrogens is 303 g/mol. The van der Waals surface area contributed by atoms with Crippen LogP contribution in [0.3, 0.4) is 0 Å². The van der Waals surface area contributed by atoms with Crippen molar-refractivity contribution in [3.05, 3.63) is 58.4 Å². The van der Waals surface area contributed by atoms with E-state index in [1.807, 2.05) is 26.0 Å². The summed E-state index contributed by atoms with van der Waals surface area (Å²) in [5.41, 5.74) is 3.60. The van der Waals surface area contributed by atoms with Gasteiger partial charge in [-0.1, -0.05) is 17.7 Å². The van der Waals surface area contributed by atoms with Crippen LogP contribution in [0.25, 0.3) is 0 Å². The Hall–Kier alpha value is -2.07. The molecule has 0 aliphatic rings. The number of anilines is 2. The molecule has 2 aromatic rings. The summed E-state index contributed by atoms with van der Waals surface area (Å²) in [6.07, 6.45) is 0. The Morgan fingerprint density at radius 2 is 1.73 bits per heavy atom. The summed E-state index contributed by atoms with van der Waals surface area (Å²) in [6, 6.07) is 9.67. The van der Waals surface area contributed by atoms with Crippen molar-refractivity contribution in [3.8, 4) is 0 Å². The average molecular weight is 321 g/mol. The van der Waals surface area contributed by atoms with E-state index in [0.29, 0.717) is 5.69 Å². The van der Waals surface area contributed by atoms with Gasteiger partial charge in [0.2, 0.25) is 5.91 Å². The lowest BCUT2D eigenvalue weighted by Crippen LogP contribution is -2.31. The number of rotatable bonds is 4. The first-order valence-corrected chi connectivity index (χ1v) is 7.33. The summed E-state index contributed by atoms with van der Waals surface area (Å²) in [6.45, 7) is 5.77. The molecule has 0 saturated heterocycles. The van der Waals surface area contributed by atoms with Crippen molar-refractivity contribution >= 4 is 28.9 Å². The second-order valence-corrected chi connectivity index (χ2v) is 5.77. The van der Waals surface area contributed by atoms with E-state index in [4.69, 9.17) is 11.6 Å². The predicted octanol–water partition coefficient (Wildman–Crippen LogP) is 4.54. The Labute approximate surface area is 134 Å². The van der Waals surface area contributed by atoms with E-state index in [1.165, 1.54) is 18.2 Å². The summed E-state index contributed by atoms with van der Waals surface area (Å²) < 4.78 is 13.1. The largest absolute Gasteiger partial charge is 0.374 e. The van der Waals surface area contributed by atoms with Gasteiger partial charge in [0.05, 0.1) is 5.02 Å². The Morgan fingerprint density at radius 3 is 2.32 bits per heavy atom. The Kier molecular flexibility index (Phi) is 5.03. The van der Waals surface area contributed by atoms with Crippen LogP contribution >= 0.6 is 11.6 Å². The lowest BCUT2D eigenvalue weighted by atomic mass is 10.1. The molecule has 2 N–H and O–H groups in total. The maximum absolute atomic E-state index is 13.1. The highest BCUT2D eigenvalue weighted by atomic mass is 35.5. The zero-order valence-corrected chi connectivity index (χ0v) is 13.5. The fraction of sp³-hybridized carbons (Fsp3) is 0.235. The van der Waals surface area contributed by atoms with E-state index in [9.17, 15) is 9.18 Å². The number of carbonyl (C=O) groups is 1. The monoisotopic (exact) mass is 320 g/mol. The van der Waals surface area contributed by atoms with Crippen molar-refractivity contribution in [3.63, 3.8) is 0 Å². The molecule has 0 radical (unpaired) electrons. The molecule has 116 valence electrons. The van der Waals surface area contributed by atoms with Gasteiger partial charge in [-0.2, -0.15) is 0 Å². The minimum atomic E-state index is -0.513. The summed E-state index contributed by atoms with van der Waals surface area (Å²) >= 11 is 5.70. The number of hydrogen-bond acceptors (Lipinski definition) is 2. The highest BCUT2D eigenvalue weighted by molar-refractivity contribution is 6.31. The van der Waals surface area contributed by atoms with Gasteiger partial charge in [0.25, 0.3) is 0 Å². The minimum Gasteiger partial charge on any atom is -0.374 e. The van der Waals surface area contributed by atoms with Crippen LogP contribution < -0.4 is 10.6 Å². The fourth-order valence-electron chi connectivity index (χ4n) is 2.20. The second-order valence-electron chi connectivity index (χ2n) is 5.36. The van der Waals surface area contributed by atoms with Crippen molar-refractivity contribution in [2.75, 3.05) is 10.6 Å². The molecule has 1 unspecified atom stereocenters.